The summed E-state index contributed by atoms with van der Waals surface area (Å²) in [4.78, 5) is 52.0. The molecule has 0 saturated carbocycles. The summed E-state index contributed by atoms with van der Waals surface area (Å²) in [6.45, 7) is 3.65. The van der Waals surface area contributed by atoms with Crippen LogP contribution in [0.1, 0.15) is 25.8 Å². The molecule has 1 fully saturated rings. The summed E-state index contributed by atoms with van der Waals surface area (Å²) in [6.07, 6.45) is 4.32. The molecule has 1 aromatic rings. The lowest BCUT2D eigenvalue weighted by molar-refractivity contribution is -0.135. The van der Waals surface area contributed by atoms with Crippen LogP contribution in [0.5, 0.6) is 0 Å². The standard InChI is InChI=1S/C27H35N3O7/c1-17-10-11-19(12-17)24(32)29-21(14-35-3)26(34)30-22(15-36-4)25(33)28-20(23(31)27(2)16-37-27)13-18-8-6-5-7-9-18/h5-11,20-22H,12-16H2,1-4H3,(H,28,33)(H,29,32)(H,30,34)/t20-,21-,22-,27?/m0/s1. The van der Waals surface area contributed by atoms with Crippen molar-refractivity contribution in [1.82, 2.24) is 16.0 Å². The Hall–Kier alpha value is -3.34. The fraction of sp³-hybridized carbons (Fsp3) is 0.481. The fourth-order valence-corrected chi connectivity index (χ4v) is 3.99. The average Bonchev–Trinajstić information content (AvgIpc) is 3.48. The molecule has 0 spiro atoms. The smallest absolute Gasteiger partial charge is 0.248 e. The summed E-state index contributed by atoms with van der Waals surface area (Å²) in [5.41, 5.74) is 1.50. The Morgan fingerprint density at radius 3 is 2.00 bits per heavy atom. The maximum Gasteiger partial charge on any atom is 0.248 e. The van der Waals surface area contributed by atoms with Crippen molar-refractivity contribution in [3.8, 4) is 0 Å². The lowest BCUT2D eigenvalue weighted by atomic mass is 9.94. The molecule has 1 unspecified atom stereocenters. The van der Waals surface area contributed by atoms with Crippen molar-refractivity contribution in [1.29, 1.82) is 0 Å². The van der Waals surface area contributed by atoms with E-state index in [1.54, 1.807) is 13.0 Å². The number of methoxy groups -OCH3 is 2. The summed E-state index contributed by atoms with van der Waals surface area (Å²) < 4.78 is 15.6. The largest absolute Gasteiger partial charge is 0.382 e. The third-order valence-electron chi connectivity index (χ3n) is 6.27. The molecule has 1 aromatic carbocycles. The van der Waals surface area contributed by atoms with Crippen molar-refractivity contribution < 1.29 is 33.4 Å². The molecule has 2 aliphatic rings. The molecule has 1 aliphatic heterocycles. The van der Waals surface area contributed by atoms with Gasteiger partial charge in [0.1, 0.15) is 17.7 Å². The molecule has 0 radical (unpaired) electrons. The summed E-state index contributed by atoms with van der Waals surface area (Å²) in [5.74, 6) is -1.83. The van der Waals surface area contributed by atoms with Gasteiger partial charge in [-0.2, -0.15) is 0 Å². The number of hydrogen-bond donors (Lipinski definition) is 3. The van der Waals surface area contributed by atoms with Gasteiger partial charge in [-0.15, -0.1) is 0 Å². The second-order valence-corrected chi connectivity index (χ2v) is 9.51. The molecular formula is C27H35N3O7. The first kappa shape index (κ1) is 28.2. The van der Waals surface area contributed by atoms with Gasteiger partial charge in [-0.1, -0.05) is 48.1 Å². The molecule has 0 aromatic heterocycles. The highest BCUT2D eigenvalue weighted by Crippen LogP contribution is 2.29. The Labute approximate surface area is 216 Å². The maximum atomic E-state index is 13.2. The van der Waals surface area contributed by atoms with Gasteiger partial charge in [0.15, 0.2) is 5.78 Å². The molecule has 1 aliphatic carbocycles. The minimum atomic E-state index is -1.11. The van der Waals surface area contributed by atoms with Crippen LogP contribution >= 0.6 is 0 Å². The Balaban J connectivity index is 1.68. The number of Topliss-reactive ketones (excluding diaryl/α,β-unsaturated/α-hetero) is 1. The number of ether oxygens (including phenoxy) is 3. The summed E-state index contributed by atoms with van der Waals surface area (Å²) >= 11 is 0. The molecule has 10 nitrogen and oxygen atoms in total. The molecule has 1 saturated heterocycles. The fourth-order valence-electron chi connectivity index (χ4n) is 3.99. The van der Waals surface area contributed by atoms with Gasteiger partial charge in [0.05, 0.1) is 25.9 Å². The number of ketones is 1. The average molecular weight is 514 g/mol. The summed E-state index contributed by atoms with van der Waals surface area (Å²) in [5, 5.41) is 8.06. The van der Waals surface area contributed by atoms with Crippen molar-refractivity contribution in [3.05, 3.63) is 59.2 Å². The highest BCUT2D eigenvalue weighted by molar-refractivity contribution is 6.00. The second-order valence-electron chi connectivity index (χ2n) is 9.51. The van der Waals surface area contributed by atoms with E-state index in [1.165, 1.54) is 14.2 Å². The van der Waals surface area contributed by atoms with E-state index in [1.807, 2.05) is 43.3 Å². The number of epoxide rings is 1. The molecule has 200 valence electrons. The van der Waals surface area contributed by atoms with E-state index < -0.39 is 35.5 Å². The number of carbonyl (C=O) groups excluding carboxylic acids is 4. The third-order valence-corrected chi connectivity index (χ3v) is 6.27. The lowest BCUT2D eigenvalue weighted by Crippen LogP contribution is -2.59. The number of allylic oxidation sites excluding steroid dienone is 3. The molecule has 37 heavy (non-hydrogen) atoms. The van der Waals surface area contributed by atoms with Gasteiger partial charge in [0.25, 0.3) is 0 Å². The van der Waals surface area contributed by atoms with Crippen LogP contribution in [0.15, 0.2) is 53.6 Å². The van der Waals surface area contributed by atoms with Crippen LogP contribution < -0.4 is 16.0 Å². The number of hydrogen-bond acceptors (Lipinski definition) is 7. The highest BCUT2D eigenvalue weighted by Gasteiger charge is 2.50. The van der Waals surface area contributed by atoms with Crippen LogP contribution in [0.4, 0.5) is 0 Å². The van der Waals surface area contributed by atoms with Crippen molar-refractivity contribution in [2.75, 3.05) is 34.0 Å². The second kappa shape index (κ2) is 12.8. The molecule has 0 bridgehead atoms. The number of rotatable bonds is 14. The molecule has 3 amide bonds. The molecule has 3 rings (SSSR count). The van der Waals surface area contributed by atoms with E-state index in [0.717, 1.165) is 11.1 Å². The Morgan fingerprint density at radius 2 is 1.49 bits per heavy atom. The van der Waals surface area contributed by atoms with Crippen molar-refractivity contribution >= 4 is 23.5 Å². The molecule has 3 N–H and O–H groups in total. The molecule has 10 heteroatoms. The van der Waals surface area contributed by atoms with E-state index in [9.17, 15) is 19.2 Å². The normalized spacial score (nSPS) is 20.6. The number of benzene rings is 1. The summed E-state index contributed by atoms with van der Waals surface area (Å²) in [7, 11) is 2.81. The Bertz CT molecular complexity index is 1060. The first-order valence-electron chi connectivity index (χ1n) is 12.1. The minimum absolute atomic E-state index is 0.0939. The quantitative estimate of drug-likeness (QED) is 0.310. The number of amides is 3. The minimum Gasteiger partial charge on any atom is -0.382 e. The topological polar surface area (TPSA) is 135 Å². The SMILES string of the molecule is COC[C@H](NC(=O)C1=CC=C(C)C1)C(=O)N[C@@H](COC)C(=O)N[C@@H](Cc1ccccc1)C(=O)C1(C)CO1. The van der Waals surface area contributed by atoms with Crippen LogP contribution in [-0.4, -0.2) is 81.3 Å². The van der Waals surface area contributed by atoms with E-state index >= 15 is 0 Å². The van der Waals surface area contributed by atoms with E-state index in [0.29, 0.717) is 12.0 Å². The van der Waals surface area contributed by atoms with Crippen LogP contribution in [0.2, 0.25) is 0 Å². The molecule has 4 atom stereocenters. The number of nitrogens with one attached hydrogen (secondary N) is 3. The van der Waals surface area contributed by atoms with Crippen molar-refractivity contribution in [2.24, 2.45) is 0 Å². The van der Waals surface area contributed by atoms with Gasteiger partial charge in [-0.3, -0.25) is 19.2 Å². The first-order chi connectivity index (χ1) is 17.7. The predicted molar refractivity (Wildman–Crippen MR) is 136 cm³/mol. The third kappa shape index (κ3) is 7.82. The van der Waals surface area contributed by atoms with Gasteiger partial charge in [-0.25, -0.2) is 0 Å². The summed E-state index contributed by atoms with van der Waals surface area (Å²) in [6, 6.07) is 6.30. The first-order valence-corrected chi connectivity index (χ1v) is 12.1. The number of carbonyl (C=O) groups is 4. The zero-order valence-electron chi connectivity index (χ0n) is 21.7. The van der Waals surface area contributed by atoms with Crippen LogP contribution in [0.25, 0.3) is 0 Å². The molecule has 1 heterocycles. The zero-order chi connectivity index (χ0) is 27.0. The van der Waals surface area contributed by atoms with Crippen LogP contribution in [-0.2, 0) is 39.8 Å². The Morgan fingerprint density at radius 1 is 0.919 bits per heavy atom. The van der Waals surface area contributed by atoms with E-state index in [4.69, 9.17) is 14.2 Å². The van der Waals surface area contributed by atoms with Gasteiger partial charge in [0, 0.05) is 19.8 Å². The zero-order valence-corrected chi connectivity index (χ0v) is 21.7. The van der Waals surface area contributed by atoms with E-state index in [-0.39, 0.29) is 37.9 Å². The maximum absolute atomic E-state index is 13.2. The highest BCUT2D eigenvalue weighted by atomic mass is 16.6. The van der Waals surface area contributed by atoms with E-state index in [2.05, 4.69) is 16.0 Å². The molecular weight excluding hydrogens is 478 g/mol. The lowest BCUT2D eigenvalue weighted by Gasteiger charge is -2.25. The van der Waals surface area contributed by atoms with Gasteiger partial charge < -0.3 is 30.2 Å². The van der Waals surface area contributed by atoms with Gasteiger partial charge in [0.2, 0.25) is 17.7 Å². The van der Waals surface area contributed by atoms with Gasteiger partial charge >= 0.3 is 0 Å². The van der Waals surface area contributed by atoms with Crippen LogP contribution in [0.3, 0.4) is 0 Å². The van der Waals surface area contributed by atoms with Crippen molar-refractivity contribution in [3.63, 3.8) is 0 Å². The van der Waals surface area contributed by atoms with Crippen molar-refractivity contribution in [2.45, 2.75) is 50.4 Å². The Kier molecular flexibility index (Phi) is 9.73. The monoisotopic (exact) mass is 513 g/mol. The predicted octanol–water partition coefficient (Wildman–Crippen LogP) is 0.611. The van der Waals surface area contributed by atoms with Crippen LogP contribution in [0, 0.1) is 0 Å². The van der Waals surface area contributed by atoms with Gasteiger partial charge in [-0.05, 0) is 32.3 Å².